The van der Waals surface area contributed by atoms with Crippen LogP contribution in [0, 0.1) is 6.92 Å². The summed E-state index contributed by atoms with van der Waals surface area (Å²) in [7, 11) is 0. The zero-order chi connectivity index (χ0) is 80.0. The SMILES string of the molecule is [2H]c1c([2H])c([2H])c2c(c1[2H])c1c(C)c([2H])c([2H])c([2H])c1n2-c1ccc2c(c1)N(c1c(-c3ccccc3)cc(C(C)(C)C)cc1-c1ccccc1)c1cc(C(C)(C)C)cc3c1B2c1ccc(-n2c4ccccc4c4ccc5c(c6ccccc6n5-c5ccccc5)c42)cc1N3c1c(-c2ccccc2)cc(C(C)(C)C)cc1-c1ccccc1. The molecule has 0 aliphatic carbocycles. The summed E-state index contributed by atoms with van der Waals surface area (Å²) in [5.74, 6) is 0. The summed E-state index contributed by atoms with van der Waals surface area (Å²) >= 11 is 0. The molecule has 0 amide bonds. The Balaban J connectivity index is 0.992. The van der Waals surface area contributed by atoms with Crippen molar-refractivity contribution in [1.82, 2.24) is 13.7 Å². The Morgan fingerprint density at radius 1 is 0.294 bits per heavy atom. The topological polar surface area (TPSA) is 21.3 Å². The lowest BCUT2D eigenvalue weighted by molar-refractivity contribution is 0.590. The van der Waals surface area contributed by atoms with Crippen LogP contribution in [0.2, 0.25) is 0 Å². The third-order valence-electron chi connectivity index (χ3n) is 23.1. The average molecular weight is 1410 g/mol. The van der Waals surface area contributed by atoms with E-state index in [1.807, 2.05) is 0 Å². The van der Waals surface area contributed by atoms with Crippen LogP contribution < -0.4 is 26.2 Å². The average Bonchev–Trinajstić information content (AvgIpc) is 0.880. The molecule has 0 saturated carbocycles. The van der Waals surface area contributed by atoms with E-state index in [0.717, 1.165) is 161 Å². The molecule has 0 N–H and O–H groups in total. The van der Waals surface area contributed by atoms with Gasteiger partial charge in [-0.2, -0.15) is 0 Å². The van der Waals surface area contributed by atoms with E-state index in [1.54, 1.807) is 11.5 Å². The van der Waals surface area contributed by atoms with Gasteiger partial charge in [-0.1, -0.05) is 287 Å². The summed E-state index contributed by atoms with van der Waals surface area (Å²) < 4.78 is 73.8. The molecule has 0 fully saturated rings. The predicted molar refractivity (Wildman–Crippen MR) is 466 cm³/mol. The quantitative estimate of drug-likeness (QED) is 0.134. The number of anilines is 6. The number of aryl methyl sites for hydroxylation is 1. The van der Waals surface area contributed by atoms with E-state index in [0.29, 0.717) is 16.6 Å². The summed E-state index contributed by atoms with van der Waals surface area (Å²) in [5, 5.41) is 5.12. The highest BCUT2D eigenvalue weighted by molar-refractivity contribution is 7.00. The van der Waals surface area contributed by atoms with Gasteiger partial charge in [0.15, 0.2) is 0 Å². The molecule has 15 aromatic carbocycles. The van der Waals surface area contributed by atoms with Crippen molar-refractivity contribution in [3.63, 3.8) is 0 Å². The molecule has 2 aliphatic heterocycles. The highest BCUT2D eigenvalue weighted by Gasteiger charge is 2.47. The molecule has 5 nitrogen and oxygen atoms in total. The van der Waals surface area contributed by atoms with E-state index in [-0.39, 0.29) is 57.5 Å². The molecule has 18 aromatic rings. The van der Waals surface area contributed by atoms with Crippen molar-refractivity contribution in [1.29, 1.82) is 0 Å². The zero-order valence-corrected chi connectivity index (χ0v) is 62.9. The molecule has 524 valence electrons. The molecular weight excluding hydrogens is 1320 g/mol. The monoisotopic (exact) mass is 1410 g/mol. The van der Waals surface area contributed by atoms with Crippen LogP contribution in [0.5, 0.6) is 0 Å². The van der Waals surface area contributed by atoms with E-state index in [2.05, 4.69) is 366 Å². The van der Waals surface area contributed by atoms with Gasteiger partial charge in [-0.3, -0.25) is 0 Å². The number of benzene rings is 15. The maximum atomic E-state index is 10.0. The van der Waals surface area contributed by atoms with Crippen LogP contribution in [-0.4, -0.2) is 20.4 Å². The third-order valence-corrected chi connectivity index (χ3v) is 23.1. The molecule has 0 bridgehead atoms. The van der Waals surface area contributed by atoms with E-state index < -0.39 is 24.2 Å². The molecule has 2 aliphatic rings. The van der Waals surface area contributed by atoms with Crippen molar-refractivity contribution in [2.75, 3.05) is 9.80 Å². The zero-order valence-electron chi connectivity index (χ0n) is 69.9. The van der Waals surface area contributed by atoms with Gasteiger partial charge in [0.1, 0.15) is 0 Å². The number of aromatic nitrogens is 3. The second-order valence-electron chi connectivity index (χ2n) is 32.8. The highest BCUT2D eigenvalue weighted by atomic mass is 15.2. The van der Waals surface area contributed by atoms with Gasteiger partial charge in [-0.15, -0.1) is 0 Å². The third kappa shape index (κ3) is 10.4. The number of hydrogen-bond donors (Lipinski definition) is 0. The van der Waals surface area contributed by atoms with E-state index in [4.69, 9.17) is 0 Å². The Morgan fingerprint density at radius 3 is 1.20 bits per heavy atom. The molecule has 109 heavy (non-hydrogen) atoms. The first kappa shape index (κ1) is 58.5. The standard InChI is InChI=1S/C103H84BN5/c1-65-33-32-50-89-95(65)78-45-27-30-48-87(78)106(89)74-51-54-84-91(63-74)108(98-80(66-34-16-11-17-35-66)57-70(101(2,3)4)58-81(98)67-36-18-12-19-37-67)93-61-72(103(8,9)10)62-94-97(93)104(84)85-55-52-75(64-92(85)109(94)99-82(68-38-20-13-21-39-68)59-71(102(5,6)7)60-83(99)69-40-22-14-23-41-69)107-86-47-29-26-44-76(86)77-53-56-90-96(100(77)107)79-46-28-31-49-88(79)105(90)73-42-24-15-25-43-73/h11-64H,1-10H3/i27D,30D,32D,33D,45D,48D,50D. The second kappa shape index (κ2) is 24.7. The van der Waals surface area contributed by atoms with E-state index >= 15 is 0 Å². The van der Waals surface area contributed by atoms with Gasteiger partial charge in [-0.25, -0.2) is 0 Å². The number of hydrogen-bond acceptors (Lipinski definition) is 2. The van der Waals surface area contributed by atoms with Crippen molar-refractivity contribution in [2.45, 2.75) is 85.5 Å². The first-order valence-electron chi connectivity index (χ1n) is 41.5. The van der Waals surface area contributed by atoms with Crippen molar-refractivity contribution in [2.24, 2.45) is 0 Å². The number of rotatable bonds is 9. The Hall–Kier alpha value is -12.6. The highest BCUT2D eigenvalue weighted by Crippen LogP contribution is 2.56. The van der Waals surface area contributed by atoms with Crippen molar-refractivity contribution < 1.29 is 9.60 Å². The summed E-state index contributed by atoms with van der Waals surface area (Å²) in [6.45, 7) is 21.9. The minimum atomic E-state index is -0.498. The lowest BCUT2D eigenvalue weighted by atomic mass is 9.33. The van der Waals surface area contributed by atoms with E-state index in [9.17, 15) is 9.60 Å². The minimum absolute atomic E-state index is 0.163. The summed E-state index contributed by atoms with van der Waals surface area (Å²) in [6, 6.07) is 103. The Morgan fingerprint density at radius 2 is 0.706 bits per heavy atom. The van der Waals surface area contributed by atoms with Crippen molar-refractivity contribution >= 4 is 123 Å². The van der Waals surface area contributed by atoms with Gasteiger partial charge in [0.05, 0.1) is 54.1 Å². The molecule has 0 saturated heterocycles. The fourth-order valence-electron chi connectivity index (χ4n) is 17.7. The Labute approximate surface area is 648 Å². The molecule has 0 spiro atoms. The van der Waals surface area contributed by atoms with Crippen LogP contribution in [0.4, 0.5) is 34.1 Å². The molecule has 20 rings (SSSR count). The normalized spacial score (nSPS) is 13.9. The maximum absolute atomic E-state index is 10.0. The first-order valence-corrected chi connectivity index (χ1v) is 38.0. The van der Waals surface area contributed by atoms with Gasteiger partial charge in [0.2, 0.25) is 0 Å². The largest absolute Gasteiger partial charge is 0.310 e. The molecule has 6 heteroatoms. The smallest absolute Gasteiger partial charge is 0.252 e. The van der Waals surface area contributed by atoms with Gasteiger partial charge < -0.3 is 23.5 Å². The summed E-state index contributed by atoms with van der Waals surface area (Å²) in [5.41, 5.74) is 27.1. The van der Waals surface area contributed by atoms with Gasteiger partial charge in [-0.05, 0) is 187 Å². The number of fused-ring (bicyclic) bond motifs is 14. The van der Waals surface area contributed by atoms with Crippen LogP contribution in [0.1, 0.15) is 94.2 Å². The van der Waals surface area contributed by atoms with Crippen LogP contribution in [-0.2, 0) is 16.2 Å². The fraction of sp³-hybridized carbons (Fsp3) is 0.126. The number of para-hydroxylation sites is 4. The first-order chi connectivity index (χ1) is 55.8. The van der Waals surface area contributed by atoms with Crippen LogP contribution in [0.25, 0.3) is 127 Å². The molecular formula is C103H84BN5. The summed E-state index contributed by atoms with van der Waals surface area (Å²) in [6.07, 6.45) is 0. The summed E-state index contributed by atoms with van der Waals surface area (Å²) in [4.78, 5) is 5.16. The van der Waals surface area contributed by atoms with Gasteiger partial charge in [0, 0.05) is 94.4 Å². The van der Waals surface area contributed by atoms with Crippen LogP contribution in [0.3, 0.4) is 0 Å². The van der Waals surface area contributed by atoms with E-state index in [1.165, 1.54) is 5.56 Å². The van der Waals surface area contributed by atoms with Crippen molar-refractivity contribution in [3.05, 3.63) is 350 Å². The molecule has 0 radical (unpaired) electrons. The van der Waals surface area contributed by atoms with Gasteiger partial charge in [0.25, 0.3) is 6.71 Å². The predicted octanol–water partition coefficient (Wildman–Crippen LogP) is 25.9. The van der Waals surface area contributed by atoms with Crippen LogP contribution >= 0.6 is 0 Å². The van der Waals surface area contributed by atoms with Crippen LogP contribution in [0.15, 0.2) is 327 Å². The Bertz CT molecular complexity index is 6970. The minimum Gasteiger partial charge on any atom is -0.310 e. The maximum Gasteiger partial charge on any atom is 0.252 e. The second-order valence-corrected chi connectivity index (χ2v) is 32.8. The Kier molecular flexibility index (Phi) is 13.3. The molecule has 0 atom stereocenters. The molecule has 5 heterocycles. The molecule has 0 unspecified atom stereocenters. The number of nitrogens with zero attached hydrogens (tertiary/aromatic N) is 5. The lowest BCUT2D eigenvalue weighted by Gasteiger charge is -2.47. The fourth-order valence-corrected chi connectivity index (χ4v) is 17.7. The van der Waals surface area contributed by atoms with Crippen molar-refractivity contribution in [3.8, 4) is 61.6 Å². The van der Waals surface area contributed by atoms with Gasteiger partial charge >= 0.3 is 0 Å². The lowest BCUT2D eigenvalue weighted by Crippen LogP contribution is -2.61. The molecule has 3 aromatic heterocycles.